The van der Waals surface area contributed by atoms with Gasteiger partial charge in [-0.25, -0.2) is 4.79 Å². The summed E-state index contributed by atoms with van der Waals surface area (Å²) in [7, 11) is 0. The topological polar surface area (TPSA) is 59.4 Å². The summed E-state index contributed by atoms with van der Waals surface area (Å²) in [6.07, 6.45) is -0.921. The van der Waals surface area contributed by atoms with Gasteiger partial charge >= 0.3 is 12.3 Å². The Labute approximate surface area is 118 Å². The molecule has 2 aromatic rings. The van der Waals surface area contributed by atoms with Crippen molar-refractivity contribution in [3.63, 3.8) is 0 Å². The van der Waals surface area contributed by atoms with Gasteiger partial charge in [-0.1, -0.05) is 22.0 Å². The average molecular weight is 379 g/mol. The zero-order chi connectivity index (χ0) is 13.3. The van der Waals surface area contributed by atoms with Crippen LogP contribution in [0.25, 0.3) is 10.9 Å². The van der Waals surface area contributed by atoms with Crippen molar-refractivity contribution in [1.82, 2.24) is 4.98 Å². The number of benzene rings is 1. The molecule has 1 N–H and O–H groups in total. The van der Waals surface area contributed by atoms with Gasteiger partial charge in [0.1, 0.15) is 5.52 Å². The Hall–Kier alpha value is -1.21. The maximum Gasteiger partial charge on any atom is 0.378 e. The average Bonchev–Trinajstić information content (AvgIpc) is 2.34. The summed E-state index contributed by atoms with van der Waals surface area (Å²) in [4.78, 5) is 14.5. The van der Waals surface area contributed by atoms with Crippen molar-refractivity contribution >= 4 is 48.7 Å². The lowest BCUT2D eigenvalue weighted by Crippen LogP contribution is -2.21. The first-order chi connectivity index (χ1) is 8.50. The van der Waals surface area contributed by atoms with Crippen molar-refractivity contribution < 1.29 is 19.0 Å². The number of halogens is 3. The number of hydrogen-bond acceptors (Lipinski definition) is 3. The van der Waals surface area contributed by atoms with E-state index < -0.39 is 12.3 Å². The van der Waals surface area contributed by atoms with Gasteiger partial charge in [-0.15, -0.1) is 0 Å². The summed E-state index contributed by atoms with van der Waals surface area (Å²) in [5.74, 6) is -1.63. The number of fused-ring (bicyclic) bond motifs is 1. The number of pyridine rings is 1. The smallest absolute Gasteiger partial charge is 0.378 e. The number of carboxylic acids is 1. The molecule has 0 aliphatic heterocycles. The minimum atomic E-state index is -2.44. The summed E-state index contributed by atoms with van der Waals surface area (Å²) in [6, 6.07) is 5.13. The van der Waals surface area contributed by atoms with Crippen molar-refractivity contribution in [2.75, 3.05) is 0 Å². The molecule has 94 valence electrons. The van der Waals surface area contributed by atoms with Crippen molar-refractivity contribution in [3.8, 4) is 5.75 Å². The number of hydrogen-bond donors (Lipinski definition) is 1. The Balaban J connectivity index is 2.59. The lowest BCUT2D eigenvalue weighted by molar-refractivity contribution is -0.153. The zero-order valence-corrected chi connectivity index (χ0v) is 11.9. The molecule has 18 heavy (non-hydrogen) atoms. The minimum absolute atomic E-state index is 0.0590. The molecule has 0 aliphatic rings. The van der Waals surface area contributed by atoms with E-state index >= 15 is 0 Å². The van der Waals surface area contributed by atoms with Crippen molar-refractivity contribution in [2.24, 2.45) is 0 Å². The number of ether oxygens (including phenoxy) is 1. The summed E-state index contributed by atoms with van der Waals surface area (Å²) < 4.78 is 19.1. The van der Waals surface area contributed by atoms with Crippen LogP contribution in [-0.4, -0.2) is 22.4 Å². The highest BCUT2D eigenvalue weighted by molar-refractivity contribution is 9.11. The molecule has 0 amide bonds. The monoisotopic (exact) mass is 377 g/mol. The normalized spacial score (nSPS) is 12.4. The van der Waals surface area contributed by atoms with E-state index in [4.69, 9.17) is 9.84 Å². The molecule has 1 unspecified atom stereocenters. The second-order valence-corrected chi connectivity index (χ2v) is 5.05. The lowest BCUT2D eigenvalue weighted by atomic mass is 10.2. The maximum absolute atomic E-state index is 13.1. The molecule has 0 fully saturated rings. The molecule has 7 heteroatoms. The molecule has 0 saturated carbocycles. The first-order valence-corrected chi connectivity index (χ1v) is 6.35. The first-order valence-electron chi connectivity index (χ1n) is 4.77. The van der Waals surface area contributed by atoms with Gasteiger partial charge in [-0.3, -0.25) is 4.98 Å². The SMILES string of the molecule is O=C(O)C(F)Oc1c(Br)cc(Br)c2cccnc12. The molecular formula is C11H6Br2FNO3. The van der Waals surface area contributed by atoms with Crippen LogP contribution < -0.4 is 4.74 Å². The van der Waals surface area contributed by atoms with E-state index in [9.17, 15) is 9.18 Å². The summed E-state index contributed by atoms with van der Waals surface area (Å²) >= 11 is 6.53. The Kier molecular flexibility index (Phi) is 3.82. The van der Waals surface area contributed by atoms with Gasteiger partial charge in [0.05, 0.1) is 4.47 Å². The van der Waals surface area contributed by atoms with Gasteiger partial charge in [-0.2, -0.15) is 4.39 Å². The van der Waals surface area contributed by atoms with E-state index in [1.165, 1.54) is 6.20 Å². The second-order valence-electron chi connectivity index (χ2n) is 3.34. The maximum atomic E-state index is 13.1. The van der Waals surface area contributed by atoms with Crippen LogP contribution in [0.1, 0.15) is 0 Å². The van der Waals surface area contributed by atoms with E-state index in [0.717, 1.165) is 4.47 Å². The van der Waals surface area contributed by atoms with Gasteiger partial charge in [0, 0.05) is 16.1 Å². The Morgan fingerprint density at radius 2 is 2.17 bits per heavy atom. The molecular weight excluding hydrogens is 373 g/mol. The van der Waals surface area contributed by atoms with Crippen molar-refractivity contribution in [1.29, 1.82) is 0 Å². The standard InChI is InChI=1S/C11H6Br2FNO3/c12-6-4-7(13)9(18-10(14)11(16)17)8-5(6)2-1-3-15-8/h1-4,10H,(H,16,17). The Bertz CT molecular complexity index is 621. The zero-order valence-electron chi connectivity index (χ0n) is 8.73. The summed E-state index contributed by atoms with van der Waals surface area (Å²) in [6.45, 7) is 0. The van der Waals surface area contributed by atoms with Crippen LogP contribution in [-0.2, 0) is 4.79 Å². The number of aromatic nitrogens is 1. The highest BCUT2D eigenvalue weighted by Crippen LogP contribution is 2.37. The molecule has 1 aromatic heterocycles. The van der Waals surface area contributed by atoms with Crippen molar-refractivity contribution in [3.05, 3.63) is 33.3 Å². The van der Waals surface area contributed by atoms with Crippen LogP contribution in [0.3, 0.4) is 0 Å². The van der Waals surface area contributed by atoms with Crippen LogP contribution in [0.4, 0.5) is 4.39 Å². The third kappa shape index (κ3) is 2.46. The molecule has 1 heterocycles. The van der Waals surface area contributed by atoms with E-state index in [0.29, 0.717) is 15.4 Å². The molecule has 0 aliphatic carbocycles. The fourth-order valence-corrected chi connectivity index (χ4v) is 2.78. The van der Waals surface area contributed by atoms with Crippen LogP contribution in [0.2, 0.25) is 0 Å². The van der Waals surface area contributed by atoms with Gasteiger partial charge < -0.3 is 9.84 Å². The number of aliphatic carboxylic acids is 1. The highest BCUT2D eigenvalue weighted by atomic mass is 79.9. The van der Waals surface area contributed by atoms with E-state index in [1.807, 2.05) is 0 Å². The summed E-state index contributed by atoms with van der Waals surface area (Å²) in [5, 5.41) is 9.22. The number of alkyl halides is 1. The predicted molar refractivity (Wildman–Crippen MR) is 70.3 cm³/mol. The third-order valence-corrected chi connectivity index (χ3v) is 3.41. The summed E-state index contributed by atoms with van der Waals surface area (Å²) in [5.41, 5.74) is 0.377. The number of nitrogens with zero attached hydrogens (tertiary/aromatic N) is 1. The van der Waals surface area contributed by atoms with E-state index in [1.54, 1.807) is 18.2 Å². The van der Waals surface area contributed by atoms with Gasteiger partial charge in [0.2, 0.25) is 0 Å². The van der Waals surface area contributed by atoms with Crippen LogP contribution >= 0.6 is 31.9 Å². The van der Waals surface area contributed by atoms with Crippen LogP contribution in [0.15, 0.2) is 33.3 Å². The minimum Gasteiger partial charge on any atom is -0.476 e. The highest BCUT2D eigenvalue weighted by Gasteiger charge is 2.21. The molecule has 0 spiro atoms. The first kappa shape index (κ1) is 13.2. The lowest BCUT2D eigenvalue weighted by Gasteiger charge is -2.12. The molecule has 1 aromatic carbocycles. The van der Waals surface area contributed by atoms with Crippen LogP contribution in [0, 0.1) is 0 Å². The molecule has 4 nitrogen and oxygen atoms in total. The molecule has 0 saturated heterocycles. The predicted octanol–water partition coefficient (Wildman–Crippen LogP) is 3.52. The van der Waals surface area contributed by atoms with E-state index in [-0.39, 0.29) is 5.75 Å². The van der Waals surface area contributed by atoms with Crippen molar-refractivity contribution in [2.45, 2.75) is 6.36 Å². The quantitative estimate of drug-likeness (QED) is 0.887. The fourth-order valence-electron chi connectivity index (χ4n) is 1.41. The number of rotatable bonds is 3. The van der Waals surface area contributed by atoms with Crippen LogP contribution in [0.5, 0.6) is 5.75 Å². The second kappa shape index (κ2) is 5.19. The molecule has 0 bridgehead atoms. The third-order valence-electron chi connectivity index (χ3n) is 2.17. The van der Waals surface area contributed by atoms with Gasteiger partial charge in [0.15, 0.2) is 5.75 Å². The molecule has 1 atom stereocenters. The fraction of sp³-hybridized carbons (Fsp3) is 0.0909. The Morgan fingerprint density at radius 1 is 1.44 bits per heavy atom. The van der Waals surface area contributed by atoms with E-state index in [2.05, 4.69) is 36.8 Å². The Morgan fingerprint density at radius 3 is 2.83 bits per heavy atom. The van der Waals surface area contributed by atoms with Gasteiger partial charge in [0.25, 0.3) is 0 Å². The molecule has 0 radical (unpaired) electrons. The molecule has 2 rings (SSSR count). The number of carboxylic acid groups (broad SMARTS) is 1. The largest absolute Gasteiger partial charge is 0.476 e. The number of carbonyl (C=O) groups is 1. The van der Waals surface area contributed by atoms with Gasteiger partial charge in [-0.05, 0) is 28.1 Å².